The molecule has 86 valence electrons. The Morgan fingerprint density at radius 1 is 1.44 bits per heavy atom. The zero-order valence-corrected chi connectivity index (χ0v) is 9.69. The van der Waals surface area contributed by atoms with E-state index < -0.39 is 11.3 Å². The molecule has 0 saturated carbocycles. The number of carbonyl (C=O) groups is 1. The Kier molecular flexibility index (Phi) is 3.93. The van der Waals surface area contributed by atoms with Crippen LogP contribution in [0.1, 0.15) is 5.56 Å². The van der Waals surface area contributed by atoms with E-state index in [1.54, 1.807) is 0 Å². The van der Waals surface area contributed by atoms with Gasteiger partial charge in [-0.15, -0.1) is 0 Å². The predicted octanol–water partition coefficient (Wildman–Crippen LogP) is 1.65. The molecule has 1 heterocycles. The maximum Gasteiger partial charge on any atom is 0.251 e. The Balaban J connectivity index is 1.93. The molecule has 16 heavy (non-hydrogen) atoms. The third-order valence-electron chi connectivity index (χ3n) is 2.65. The second-order valence-corrected chi connectivity index (χ2v) is 4.26. The van der Waals surface area contributed by atoms with Crippen LogP contribution in [0.3, 0.4) is 0 Å². The van der Waals surface area contributed by atoms with Gasteiger partial charge in [0.2, 0.25) is 0 Å². The van der Waals surface area contributed by atoms with E-state index in [1.807, 2.05) is 18.2 Å². The van der Waals surface area contributed by atoms with Crippen molar-refractivity contribution in [1.29, 1.82) is 0 Å². The summed E-state index contributed by atoms with van der Waals surface area (Å²) in [5, 5.41) is -0.405. The summed E-state index contributed by atoms with van der Waals surface area (Å²) in [7, 11) is 0. The fourth-order valence-electron chi connectivity index (χ4n) is 1.83. The summed E-state index contributed by atoms with van der Waals surface area (Å²) in [5.41, 5.74) is 1.24. The average Bonchev–Trinajstić information content (AvgIpc) is 2.30. The van der Waals surface area contributed by atoms with E-state index in [9.17, 15) is 4.79 Å². The van der Waals surface area contributed by atoms with Crippen molar-refractivity contribution in [1.82, 2.24) is 4.90 Å². The van der Waals surface area contributed by atoms with Crippen LogP contribution in [-0.4, -0.2) is 35.9 Å². The number of ether oxygens (including phenoxy) is 1. The second-order valence-electron chi connectivity index (χ2n) is 3.88. The summed E-state index contributed by atoms with van der Waals surface area (Å²) in [6, 6.07) is 10.2. The van der Waals surface area contributed by atoms with Crippen LogP contribution in [0.5, 0.6) is 0 Å². The Hall–Kier alpha value is -0.900. The van der Waals surface area contributed by atoms with Gasteiger partial charge in [-0.1, -0.05) is 30.3 Å². The van der Waals surface area contributed by atoms with Gasteiger partial charge in [-0.25, -0.2) is 0 Å². The van der Waals surface area contributed by atoms with Crippen molar-refractivity contribution in [2.75, 3.05) is 19.7 Å². The summed E-state index contributed by atoms with van der Waals surface area (Å²) in [6.07, 6.45) is -0.473. The van der Waals surface area contributed by atoms with Crippen LogP contribution in [0, 0.1) is 0 Å². The van der Waals surface area contributed by atoms with Gasteiger partial charge in [0, 0.05) is 19.6 Å². The lowest BCUT2D eigenvalue weighted by molar-refractivity contribution is -0.128. The molecular weight excluding hydrogens is 226 g/mol. The van der Waals surface area contributed by atoms with Crippen LogP contribution >= 0.6 is 11.6 Å². The SMILES string of the molecule is O=C(Cl)C1CN(Cc2ccccc2)CCO1. The molecule has 1 fully saturated rings. The van der Waals surface area contributed by atoms with E-state index in [0.29, 0.717) is 13.2 Å². The quantitative estimate of drug-likeness (QED) is 0.752. The van der Waals surface area contributed by atoms with Gasteiger partial charge in [-0.3, -0.25) is 9.69 Å². The van der Waals surface area contributed by atoms with E-state index in [2.05, 4.69) is 17.0 Å². The summed E-state index contributed by atoms with van der Waals surface area (Å²) >= 11 is 5.43. The van der Waals surface area contributed by atoms with Crippen molar-refractivity contribution >= 4 is 16.8 Å². The topological polar surface area (TPSA) is 29.5 Å². The molecule has 0 radical (unpaired) electrons. The van der Waals surface area contributed by atoms with Crippen LogP contribution in [0.4, 0.5) is 0 Å². The number of hydrogen-bond acceptors (Lipinski definition) is 3. The van der Waals surface area contributed by atoms with Gasteiger partial charge in [0.05, 0.1) is 6.61 Å². The lowest BCUT2D eigenvalue weighted by Crippen LogP contribution is -2.44. The number of benzene rings is 1. The fourth-order valence-corrected chi connectivity index (χ4v) is 1.96. The van der Waals surface area contributed by atoms with Gasteiger partial charge in [0.1, 0.15) is 6.10 Å². The Labute approximate surface area is 100.0 Å². The fraction of sp³-hybridized carbons (Fsp3) is 0.417. The van der Waals surface area contributed by atoms with Gasteiger partial charge in [-0.2, -0.15) is 0 Å². The molecular formula is C12H14ClNO2. The van der Waals surface area contributed by atoms with E-state index in [0.717, 1.165) is 13.1 Å². The molecule has 0 aliphatic carbocycles. The van der Waals surface area contributed by atoms with Crippen LogP contribution in [0.15, 0.2) is 30.3 Å². The minimum Gasteiger partial charge on any atom is -0.366 e. The zero-order chi connectivity index (χ0) is 11.4. The highest BCUT2D eigenvalue weighted by atomic mass is 35.5. The van der Waals surface area contributed by atoms with Crippen molar-refractivity contribution < 1.29 is 9.53 Å². The standard InChI is InChI=1S/C12H14ClNO2/c13-12(15)11-9-14(6-7-16-11)8-10-4-2-1-3-5-10/h1-5,11H,6-9H2. The summed E-state index contributed by atoms with van der Waals surface area (Å²) in [5.74, 6) is 0. The molecule has 1 saturated heterocycles. The highest BCUT2D eigenvalue weighted by Crippen LogP contribution is 2.11. The van der Waals surface area contributed by atoms with Crippen LogP contribution < -0.4 is 0 Å². The summed E-state index contributed by atoms with van der Waals surface area (Å²) in [6.45, 7) is 2.83. The lowest BCUT2D eigenvalue weighted by atomic mass is 10.2. The second kappa shape index (κ2) is 5.43. The van der Waals surface area contributed by atoms with E-state index >= 15 is 0 Å². The molecule has 0 spiro atoms. The Bertz CT molecular complexity index is 355. The highest BCUT2D eigenvalue weighted by Gasteiger charge is 2.24. The lowest BCUT2D eigenvalue weighted by Gasteiger charge is -2.31. The van der Waals surface area contributed by atoms with Gasteiger partial charge in [0.25, 0.3) is 5.24 Å². The molecule has 1 aliphatic rings. The number of hydrogen-bond donors (Lipinski definition) is 0. The molecule has 1 aromatic carbocycles. The first-order valence-corrected chi connectivity index (χ1v) is 5.71. The molecule has 2 rings (SSSR count). The largest absolute Gasteiger partial charge is 0.366 e. The third-order valence-corrected chi connectivity index (χ3v) is 2.90. The summed E-state index contributed by atoms with van der Waals surface area (Å²) in [4.78, 5) is 13.2. The van der Waals surface area contributed by atoms with Gasteiger partial charge >= 0.3 is 0 Å². The predicted molar refractivity (Wildman–Crippen MR) is 62.3 cm³/mol. The highest BCUT2D eigenvalue weighted by molar-refractivity contribution is 6.64. The zero-order valence-electron chi connectivity index (χ0n) is 8.93. The molecule has 0 N–H and O–H groups in total. The van der Waals surface area contributed by atoms with Crippen molar-refractivity contribution in [3.05, 3.63) is 35.9 Å². The third kappa shape index (κ3) is 3.04. The molecule has 0 aromatic heterocycles. The van der Waals surface area contributed by atoms with E-state index in [4.69, 9.17) is 16.3 Å². The molecule has 1 unspecified atom stereocenters. The molecule has 1 atom stereocenters. The monoisotopic (exact) mass is 239 g/mol. The molecule has 1 aromatic rings. The molecule has 1 aliphatic heterocycles. The first-order valence-electron chi connectivity index (χ1n) is 5.33. The number of carbonyl (C=O) groups excluding carboxylic acids is 1. The maximum absolute atomic E-state index is 11.0. The van der Waals surface area contributed by atoms with Crippen LogP contribution in [0.2, 0.25) is 0 Å². The molecule has 4 heteroatoms. The number of nitrogens with zero attached hydrogens (tertiary/aromatic N) is 1. The van der Waals surface area contributed by atoms with Crippen molar-refractivity contribution in [3.8, 4) is 0 Å². The first kappa shape index (κ1) is 11.6. The van der Waals surface area contributed by atoms with Crippen molar-refractivity contribution in [3.63, 3.8) is 0 Å². The van der Waals surface area contributed by atoms with E-state index in [-0.39, 0.29) is 0 Å². The number of halogens is 1. The molecule has 3 nitrogen and oxygen atoms in total. The van der Waals surface area contributed by atoms with Gasteiger partial charge in [0.15, 0.2) is 0 Å². The number of morpholine rings is 1. The van der Waals surface area contributed by atoms with Crippen molar-refractivity contribution in [2.45, 2.75) is 12.6 Å². The van der Waals surface area contributed by atoms with Crippen molar-refractivity contribution in [2.24, 2.45) is 0 Å². The van der Waals surface area contributed by atoms with E-state index in [1.165, 1.54) is 5.56 Å². The Morgan fingerprint density at radius 3 is 2.88 bits per heavy atom. The average molecular weight is 240 g/mol. The normalized spacial score (nSPS) is 21.9. The summed E-state index contributed by atoms with van der Waals surface area (Å²) < 4.78 is 5.28. The number of rotatable bonds is 3. The smallest absolute Gasteiger partial charge is 0.251 e. The minimum absolute atomic E-state index is 0.405. The van der Waals surface area contributed by atoms with Crippen LogP contribution in [0.25, 0.3) is 0 Å². The first-order chi connectivity index (χ1) is 7.75. The van der Waals surface area contributed by atoms with Gasteiger partial charge < -0.3 is 4.74 Å². The van der Waals surface area contributed by atoms with Gasteiger partial charge in [-0.05, 0) is 17.2 Å². The molecule has 0 bridgehead atoms. The Morgan fingerprint density at radius 2 is 2.19 bits per heavy atom. The molecule has 0 amide bonds. The van der Waals surface area contributed by atoms with Crippen LogP contribution in [-0.2, 0) is 16.1 Å². The minimum atomic E-state index is -0.473. The maximum atomic E-state index is 11.0.